The van der Waals surface area contributed by atoms with E-state index in [2.05, 4.69) is 14.9 Å². The molecule has 0 bridgehead atoms. The van der Waals surface area contributed by atoms with Gasteiger partial charge in [0.05, 0.1) is 6.10 Å². The van der Waals surface area contributed by atoms with Crippen LogP contribution in [0.5, 0.6) is 5.75 Å². The van der Waals surface area contributed by atoms with Crippen LogP contribution in [0.3, 0.4) is 0 Å². The minimum Gasteiger partial charge on any atom is -0.478 e. The molecule has 35 heavy (non-hydrogen) atoms. The first-order valence-corrected chi connectivity index (χ1v) is 12.3. The van der Waals surface area contributed by atoms with Crippen LogP contribution in [-0.4, -0.2) is 31.8 Å². The Hall–Kier alpha value is -3.30. The molecule has 3 aromatic carbocycles. The summed E-state index contributed by atoms with van der Waals surface area (Å²) in [5.74, 6) is -0.363. The molecular weight excluding hydrogens is 486 g/mol. The van der Waals surface area contributed by atoms with Crippen LogP contribution in [0.1, 0.15) is 39.5 Å². The lowest BCUT2D eigenvalue weighted by Gasteiger charge is -2.40. The quantitative estimate of drug-likeness (QED) is 0.378. The highest BCUT2D eigenvalue weighted by Gasteiger charge is 2.72. The van der Waals surface area contributed by atoms with Crippen molar-refractivity contribution >= 4 is 34.7 Å². The van der Waals surface area contributed by atoms with Crippen molar-refractivity contribution < 1.29 is 19.7 Å². The van der Waals surface area contributed by atoms with E-state index in [1.165, 1.54) is 0 Å². The van der Waals surface area contributed by atoms with Gasteiger partial charge in [0, 0.05) is 33.6 Å². The van der Waals surface area contributed by atoms with E-state index < -0.39 is 23.2 Å². The second-order valence-electron chi connectivity index (χ2n) is 8.78. The number of aromatic nitrogens is 2. The summed E-state index contributed by atoms with van der Waals surface area (Å²) in [5.41, 5.74) is -0.238. The topological polar surface area (TPSA) is 105 Å². The molecule has 6 rings (SSSR count). The van der Waals surface area contributed by atoms with Gasteiger partial charge in [-0.3, -0.25) is 4.79 Å². The number of carbonyl (C=O) groups excluding carboxylic acids is 1. The van der Waals surface area contributed by atoms with Crippen LogP contribution in [0.15, 0.2) is 78.2 Å². The second kappa shape index (κ2) is 8.13. The lowest BCUT2D eigenvalue weighted by molar-refractivity contribution is -0.149. The zero-order valence-corrected chi connectivity index (χ0v) is 19.8. The lowest BCUT2D eigenvalue weighted by Crippen LogP contribution is -2.51. The Morgan fingerprint density at radius 3 is 2.60 bits per heavy atom. The molecule has 2 heterocycles. The van der Waals surface area contributed by atoms with Gasteiger partial charge in [0.2, 0.25) is 0 Å². The number of halogens is 1. The Morgan fingerprint density at radius 1 is 1.11 bits per heavy atom. The number of rotatable bonds is 4. The van der Waals surface area contributed by atoms with Crippen molar-refractivity contribution in [2.45, 2.75) is 29.6 Å². The number of hydrogen-bond acceptors (Lipinski definition) is 7. The summed E-state index contributed by atoms with van der Waals surface area (Å²) in [5, 5.41) is 32.3. The highest BCUT2D eigenvalue weighted by molar-refractivity contribution is 7.03. The van der Waals surface area contributed by atoms with Gasteiger partial charge in [-0.05, 0) is 47.3 Å². The van der Waals surface area contributed by atoms with Crippen molar-refractivity contribution in [3.05, 3.63) is 106 Å². The molecule has 0 spiro atoms. The number of amides is 1. The van der Waals surface area contributed by atoms with Crippen LogP contribution < -0.4 is 10.1 Å². The Morgan fingerprint density at radius 2 is 1.89 bits per heavy atom. The fourth-order valence-electron chi connectivity index (χ4n) is 5.47. The summed E-state index contributed by atoms with van der Waals surface area (Å²) in [6.45, 7) is 0. The third-order valence-electron chi connectivity index (χ3n) is 6.99. The number of nitrogens with zero attached hydrogens (tertiary/aromatic N) is 2. The number of nitrogens with one attached hydrogen (secondary N) is 1. The Balaban J connectivity index is 1.48. The van der Waals surface area contributed by atoms with Gasteiger partial charge in [-0.2, -0.15) is 0 Å². The number of benzene rings is 3. The molecule has 1 aliphatic heterocycles. The minimum atomic E-state index is -1.72. The molecule has 9 heteroatoms. The summed E-state index contributed by atoms with van der Waals surface area (Å²) < 4.78 is 10.4. The van der Waals surface area contributed by atoms with Crippen molar-refractivity contribution in [3.63, 3.8) is 0 Å². The first-order chi connectivity index (χ1) is 16.9. The first-order valence-electron chi connectivity index (χ1n) is 11.1. The van der Waals surface area contributed by atoms with Gasteiger partial charge in [-0.25, -0.2) is 0 Å². The van der Waals surface area contributed by atoms with Crippen molar-refractivity contribution in [1.29, 1.82) is 0 Å². The molecule has 1 amide bonds. The molecule has 0 radical (unpaired) electrons. The molecule has 0 saturated heterocycles. The maximum atomic E-state index is 12.5. The smallest absolute Gasteiger partial charge is 0.277 e. The maximum absolute atomic E-state index is 12.5. The predicted octanol–water partition coefficient (Wildman–Crippen LogP) is 4.47. The second-order valence-corrected chi connectivity index (χ2v) is 9.83. The summed E-state index contributed by atoms with van der Waals surface area (Å²) in [6, 6.07) is 21.9. The van der Waals surface area contributed by atoms with Gasteiger partial charge in [-0.1, -0.05) is 64.6 Å². The Bertz CT molecular complexity index is 1400. The van der Waals surface area contributed by atoms with E-state index >= 15 is 0 Å². The van der Waals surface area contributed by atoms with Crippen LogP contribution in [-0.2, 0) is 11.2 Å². The Kier molecular flexibility index (Phi) is 5.16. The monoisotopic (exact) mass is 505 g/mol. The van der Waals surface area contributed by atoms with Crippen molar-refractivity contribution in [2.75, 3.05) is 5.32 Å². The summed E-state index contributed by atoms with van der Waals surface area (Å²) in [6.07, 6.45) is -0.788. The van der Waals surface area contributed by atoms with Crippen molar-refractivity contribution in [2.24, 2.45) is 0 Å². The molecule has 4 aromatic rings. The van der Waals surface area contributed by atoms with E-state index in [-0.39, 0.29) is 11.6 Å². The summed E-state index contributed by atoms with van der Waals surface area (Å²) in [4.78, 5) is 12.5. The van der Waals surface area contributed by atoms with Crippen LogP contribution in [0.25, 0.3) is 0 Å². The number of carbonyl (C=O) groups is 1. The van der Waals surface area contributed by atoms with Crippen LogP contribution >= 0.6 is 23.1 Å². The minimum absolute atomic E-state index is 0.212. The van der Waals surface area contributed by atoms with E-state index in [4.69, 9.17) is 16.3 Å². The maximum Gasteiger partial charge on any atom is 0.277 e. The molecule has 2 aliphatic rings. The van der Waals surface area contributed by atoms with E-state index in [0.29, 0.717) is 34.0 Å². The van der Waals surface area contributed by atoms with E-state index in [1.807, 2.05) is 42.5 Å². The van der Waals surface area contributed by atoms with Gasteiger partial charge < -0.3 is 20.3 Å². The molecule has 4 unspecified atom stereocenters. The summed E-state index contributed by atoms with van der Waals surface area (Å²) in [7, 11) is 0. The number of fused-ring (bicyclic) bond motifs is 3. The normalized spacial score (nSPS) is 26.6. The average molecular weight is 506 g/mol. The van der Waals surface area contributed by atoms with Gasteiger partial charge >= 0.3 is 0 Å². The molecule has 1 fully saturated rings. The van der Waals surface area contributed by atoms with Crippen LogP contribution in [0, 0.1) is 0 Å². The number of ether oxygens (including phenoxy) is 1. The molecule has 4 atom stereocenters. The predicted molar refractivity (Wildman–Crippen MR) is 132 cm³/mol. The zero-order valence-electron chi connectivity index (χ0n) is 18.3. The number of anilines is 1. The van der Waals surface area contributed by atoms with Crippen molar-refractivity contribution in [1.82, 2.24) is 9.59 Å². The standard InChI is InChI=1S/C26H20ClN3O4S/c27-17-8-6-16(7-9-17)26-20(15-4-2-1-3-5-15)13-23(31)25(26,33)19-11-10-18(12-22(19)34-26)28-24(32)21-14-35-30-29-21/h1-12,14,20,23,31,33H,13H2,(H,28,32). The van der Waals surface area contributed by atoms with E-state index in [9.17, 15) is 15.0 Å². The molecular formula is C26H20ClN3O4S. The van der Waals surface area contributed by atoms with E-state index in [1.54, 1.807) is 35.7 Å². The third kappa shape index (κ3) is 3.21. The van der Waals surface area contributed by atoms with Crippen LogP contribution in [0.2, 0.25) is 5.02 Å². The number of hydrogen-bond donors (Lipinski definition) is 3. The average Bonchev–Trinajstić information content (AvgIpc) is 3.54. The van der Waals surface area contributed by atoms with Gasteiger partial charge in [0.15, 0.2) is 16.9 Å². The van der Waals surface area contributed by atoms with Crippen LogP contribution in [0.4, 0.5) is 5.69 Å². The summed E-state index contributed by atoms with van der Waals surface area (Å²) >= 11 is 7.26. The third-order valence-corrected chi connectivity index (χ3v) is 7.74. The fourth-order valence-corrected chi connectivity index (χ4v) is 6.03. The van der Waals surface area contributed by atoms with Gasteiger partial charge in [0.1, 0.15) is 5.75 Å². The molecule has 1 aromatic heterocycles. The fraction of sp³-hybridized carbons (Fsp3) is 0.192. The van der Waals surface area contributed by atoms with E-state index in [0.717, 1.165) is 17.1 Å². The molecule has 176 valence electrons. The number of aliphatic hydroxyl groups is 2. The SMILES string of the molecule is O=C(Nc1ccc2c(c1)OC1(c3ccc(Cl)cc3)C(c3ccccc3)CC(O)C21O)c1csnn1. The first kappa shape index (κ1) is 22.2. The highest BCUT2D eigenvalue weighted by atomic mass is 35.5. The number of aliphatic hydroxyl groups excluding tert-OH is 1. The lowest BCUT2D eigenvalue weighted by atomic mass is 9.71. The highest BCUT2D eigenvalue weighted by Crippen LogP contribution is 2.66. The molecule has 3 N–H and O–H groups in total. The Labute approximate surface area is 210 Å². The molecule has 7 nitrogen and oxygen atoms in total. The van der Waals surface area contributed by atoms with Crippen molar-refractivity contribution in [3.8, 4) is 5.75 Å². The zero-order chi connectivity index (χ0) is 24.2. The van der Waals surface area contributed by atoms with Gasteiger partial charge in [0.25, 0.3) is 5.91 Å². The molecule has 1 saturated carbocycles. The van der Waals surface area contributed by atoms with Gasteiger partial charge in [-0.15, -0.1) is 5.10 Å². The molecule has 1 aliphatic carbocycles. The largest absolute Gasteiger partial charge is 0.478 e.